The molecule has 1 aliphatic heterocycles. The van der Waals surface area contributed by atoms with Crippen LogP contribution >= 0.6 is 6.04 Å². The van der Waals surface area contributed by atoms with Crippen molar-refractivity contribution in [1.82, 2.24) is 4.90 Å². The molecule has 1 aliphatic rings. The van der Waals surface area contributed by atoms with E-state index in [0.29, 0.717) is 5.78 Å². The van der Waals surface area contributed by atoms with Gasteiger partial charge in [-0.3, -0.25) is 0 Å². The molecule has 0 aromatic heterocycles. The Balaban J connectivity index is 2.50. The molecular weight excluding hydrogens is 257 g/mol. The monoisotopic (exact) mass is 279 g/mol. The molecule has 3 heteroatoms. The Morgan fingerprint density at radius 2 is 1.72 bits per heavy atom. The highest BCUT2D eigenvalue weighted by Crippen LogP contribution is 2.57. The lowest BCUT2D eigenvalue weighted by molar-refractivity contribution is 0.372. The van der Waals surface area contributed by atoms with Crippen LogP contribution in [0, 0.1) is 0 Å². The quantitative estimate of drug-likeness (QED) is 0.603. The van der Waals surface area contributed by atoms with Crippen molar-refractivity contribution < 1.29 is 0 Å². The van der Waals surface area contributed by atoms with Gasteiger partial charge in [0.2, 0.25) is 0 Å². The number of allylic oxidation sites excluding steroid dienone is 1. The molecule has 0 amide bonds. The Kier molecular flexibility index (Phi) is 4.11. The highest BCUT2D eigenvalue weighted by molar-refractivity contribution is 8.18. The summed E-state index contributed by atoms with van der Waals surface area (Å²) in [5.74, 6) is 0.513. The zero-order valence-electron chi connectivity index (χ0n) is 11.7. The molecule has 0 aliphatic carbocycles. The van der Waals surface area contributed by atoms with Crippen LogP contribution in [0.1, 0.15) is 20.3 Å². The molecule has 98 valence electrons. The van der Waals surface area contributed by atoms with E-state index in [-0.39, 0.29) is 0 Å². The molecule has 0 radical (unpaired) electrons. The van der Waals surface area contributed by atoms with Crippen LogP contribution in [0.4, 0.5) is 0 Å². The minimum atomic E-state index is -1.52. The fraction of sp³-hybridized carbons (Fsp3) is 0.467. The predicted octanol–water partition coefficient (Wildman–Crippen LogP) is 3.42. The van der Waals surface area contributed by atoms with E-state index in [1.807, 2.05) is 0 Å². The Morgan fingerprint density at radius 3 is 2.28 bits per heavy atom. The van der Waals surface area contributed by atoms with Crippen molar-refractivity contribution in [2.45, 2.75) is 26.1 Å². The molecule has 2 unspecified atom stereocenters. The van der Waals surface area contributed by atoms with E-state index in [0.717, 1.165) is 12.6 Å². The lowest BCUT2D eigenvalue weighted by atomic mass is 10.1. The smallest absolute Gasteiger partial charge is 0.0460 e. The Hall–Kier alpha value is -0.430. The lowest BCUT2D eigenvalue weighted by Gasteiger charge is -2.40. The lowest BCUT2D eigenvalue weighted by Crippen LogP contribution is -2.35. The fourth-order valence-corrected chi connectivity index (χ4v) is 8.13. The van der Waals surface area contributed by atoms with Gasteiger partial charge in [0.25, 0.3) is 0 Å². The number of nitrogens with zero attached hydrogens (tertiary/aromatic N) is 1. The first-order valence-corrected chi connectivity index (χ1v) is 9.47. The summed E-state index contributed by atoms with van der Waals surface area (Å²) in [5, 5.41) is 1.39. The third kappa shape index (κ3) is 2.47. The van der Waals surface area contributed by atoms with E-state index >= 15 is 0 Å². The van der Waals surface area contributed by atoms with Crippen LogP contribution in [0.15, 0.2) is 41.5 Å². The van der Waals surface area contributed by atoms with Gasteiger partial charge in [-0.25, -0.2) is 0 Å². The third-order valence-corrected chi connectivity index (χ3v) is 9.43. The van der Waals surface area contributed by atoms with Crippen molar-refractivity contribution in [3.63, 3.8) is 0 Å². The Labute approximate surface area is 116 Å². The predicted molar refractivity (Wildman–Crippen MR) is 85.7 cm³/mol. The van der Waals surface area contributed by atoms with E-state index in [1.165, 1.54) is 16.5 Å². The van der Waals surface area contributed by atoms with E-state index < -0.39 is 6.04 Å². The number of rotatable bonds is 2. The second kappa shape index (κ2) is 5.28. The third-order valence-electron chi connectivity index (χ3n) is 3.96. The van der Waals surface area contributed by atoms with Gasteiger partial charge in [-0.2, -0.15) is 0 Å². The van der Waals surface area contributed by atoms with Crippen molar-refractivity contribution in [3.8, 4) is 0 Å². The molecule has 0 spiro atoms. The summed E-state index contributed by atoms with van der Waals surface area (Å²) >= 11 is 6.18. The standard InChI is InChI=1S/C15H22NPS/c1-12-10-15(16(3)4)17(18,11-13(12)2)14-8-6-5-7-9-14/h5-9,15H,10-11H2,1-4H3. The van der Waals surface area contributed by atoms with Crippen LogP contribution in [0.25, 0.3) is 0 Å². The van der Waals surface area contributed by atoms with Crippen LogP contribution in [0.3, 0.4) is 0 Å². The molecule has 0 bridgehead atoms. The van der Waals surface area contributed by atoms with E-state index in [4.69, 9.17) is 11.8 Å². The van der Waals surface area contributed by atoms with Crippen LogP contribution in [-0.4, -0.2) is 30.9 Å². The summed E-state index contributed by atoms with van der Waals surface area (Å²) in [7, 11) is 4.34. The van der Waals surface area contributed by atoms with E-state index in [1.54, 1.807) is 0 Å². The number of hydrogen-bond acceptors (Lipinski definition) is 2. The van der Waals surface area contributed by atoms with Gasteiger partial charge >= 0.3 is 0 Å². The fourth-order valence-electron chi connectivity index (χ4n) is 2.69. The van der Waals surface area contributed by atoms with Crippen molar-refractivity contribution in [1.29, 1.82) is 0 Å². The zero-order chi connectivity index (χ0) is 13.3. The van der Waals surface area contributed by atoms with Gasteiger partial charge in [-0.05, 0) is 39.7 Å². The molecule has 2 rings (SSSR count). The van der Waals surface area contributed by atoms with E-state index in [9.17, 15) is 0 Å². The van der Waals surface area contributed by atoms with Crippen LogP contribution < -0.4 is 5.30 Å². The largest absolute Gasteiger partial charge is 0.301 e. The highest BCUT2D eigenvalue weighted by atomic mass is 32.4. The van der Waals surface area contributed by atoms with Gasteiger partial charge in [-0.1, -0.05) is 53.3 Å². The summed E-state index contributed by atoms with van der Waals surface area (Å²) in [6.07, 6.45) is 2.23. The van der Waals surface area contributed by atoms with Gasteiger partial charge in [0.15, 0.2) is 0 Å². The Morgan fingerprint density at radius 1 is 1.11 bits per heavy atom. The van der Waals surface area contributed by atoms with Crippen molar-refractivity contribution in [2.75, 3.05) is 20.3 Å². The van der Waals surface area contributed by atoms with Crippen molar-refractivity contribution in [2.24, 2.45) is 0 Å². The molecule has 1 heterocycles. The van der Waals surface area contributed by atoms with Gasteiger partial charge in [0.05, 0.1) is 0 Å². The molecule has 18 heavy (non-hydrogen) atoms. The minimum Gasteiger partial charge on any atom is -0.301 e. The average molecular weight is 279 g/mol. The topological polar surface area (TPSA) is 3.24 Å². The van der Waals surface area contributed by atoms with Crippen LogP contribution in [0.2, 0.25) is 0 Å². The molecule has 2 atom stereocenters. The van der Waals surface area contributed by atoms with E-state index in [2.05, 4.69) is 63.2 Å². The summed E-state index contributed by atoms with van der Waals surface area (Å²) in [6, 6.07) is 9.25. The SMILES string of the molecule is CC1=C(C)CP(=S)(c2ccccc2)C(N(C)C)C1. The maximum atomic E-state index is 6.18. The molecule has 1 aromatic carbocycles. The zero-order valence-corrected chi connectivity index (χ0v) is 13.4. The van der Waals surface area contributed by atoms with Crippen molar-refractivity contribution >= 4 is 23.1 Å². The maximum absolute atomic E-state index is 6.18. The minimum absolute atomic E-state index is 0.513. The second-order valence-corrected chi connectivity index (χ2v) is 10.5. The number of hydrogen-bond donors (Lipinski definition) is 0. The first-order valence-electron chi connectivity index (χ1n) is 6.41. The first-order chi connectivity index (χ1) is 8.45. The van der Waals surface area contributed by atoms with Gasteiger partial charge in [0, 0.05) is 18.0 Å². The second-order valence-electron chi connectivity index (χ2n) is 5.50. The van der Waals surface area contributed by atoms with Gasteiger partial charge in [-0.15, -0.1) is 0 Å². The molecule has 1 aromatic rings. The summed E-state index contributed by atoms with van der Waals surface area (Å²) in [5.41, 5.74) is 3.05. The molecule has 0 N–H and O–H groups in total. The summed E-state index contributed by atoms with van der Waals surface area (Å²) in [4.78, 5) is 2.34. The first kappa shape index (κ1) is 14.0. The summed E-state index contributed by atoms with van der Waals surface area (Å²) in [6.45, 7) is 4.51. The molecule has 0 saturated heterocycles. The molecule has 0 fully saturated rings. The molecule has 0 saturated carbocycles. The molecular formula is C15H22NPS. The van der Waals surface area contributed by atoms with Gasteiger partial charge in [0.1, 0.15) is 0 Å². The van der Waals surface area contributed by atoms with Crippen LogP contribution in [-0.2, 0) is 11.8 Å². The molecule has 1 nitrogen and oxygen atoms in total. The average Bonchev–Trinajstić information content (AvgIpc) is 2.34. The Bertz CT molecular complexity index is 504. The normalized spacial score (nSPS) is 28.8. The van der Waals surface area contributed by atoms with Gasteiger partial charge < -0.3 is 4.90 Å². The highest BCUT2D eigenvalue weighted by Gasteiger charge is 2.35. The van der Waals surface area contributed by atoms with Crippen molar-refractivity contribution in [3.05, 3.63) is 41.5 Å². The maximum Gasteiger partial charge on any atom is 0.0460 e. The van der Waals surface area contributed by atoms with Crippen LogP contribution in [0.5, 0.6) is 0 Å². The summed E-state index contributed by atoms with van der Waals surface area (Å²) < 4.78 is 0. The number of benzene rings is 1.